The molecular formula is C13H22N2S. The first-order valence-electron chi connectivity index (χ1n) is 6.03. The molecule has 0 aliphatic heterocycles. The summed E-state index contributed by atoms with van der Waals surface area (Å²) in [6, 6.07) is 0. The van der Waals surface area contributed by atoms with Gasteiger partial charge in [0.15, 0.2) is 0 Å². The maximum absolute atomic E-state index is 5.61. The number of hydrogen-bond acceptors (Lipinski definition) is 3. The fourth-order valence-electron chi connectivity index (χ4n) is 3.07. The van der Waals surface area contributed by atoms with Gasteiger partial charge in [-0.3, -0.25) is 0 Å². The lowest BCUT2D eigenvalue weighted by Crippen LogP contribution is -2.33. The second kappa shape index (κ2) is 3.81. The van der Waals surface area contributed by atoms with Crippen molar-refractivity contribution in [2.75, 3.05) is 6.54 Å². The van der Waals surface area contributed by atoms with Gasteiger partial charge in [0.05, 0.1) is 10.7 Å². The molecule has 3 heteroatoms. The van der Waals surface area contributed by atoms with Gasteiger partial charge in [-0.1, -0.05) is 27.7 Å². The standard InChI is InChI=1S/C13H22N2S/c1-12(2)7-9-11(13(3,4)8-12)16-10(15-9)5-6-14/h5-8,14H2,1-4H3. The van der Waals surface area contributed by atoms with Crippen LogP contribution in [0.15, 0.2) is 0 Å². The molecule has 16 heavy (non-hydrogen) atoms. The van der Waals surface area contributed by atoms with E-state index in [0.29, 0.717) is 12.0 Å². The van der Waals surface area contributed by atoms with Gasteiger partial charge in [0.25, 0.3) is 0 Å². The average molecular weight is 238 g/mol. The molecule has 1 aliphatic rings. The van der Waals surface area contributed by atoms with E-state index in [1.165, 1.54) is 22.0 Å². The Balaban J connectivity index is 2.40. The minimum Gasteiger partial charge on any atom is -0.330 e. The lowest BCUT2D eigenvalue weighted by Gasteiger charge is -2.39. The van der Waals surface area contributed by atoms with Gasteiger partial charge < -0.3 is 5.73 Å². The van der Waals surface area contributed by atoms with Crippen LogP contribution in [0.25, 0.3) is 0 Å². The van der Waals surface area contributed by atoms with Gasteiger partial charge in [0.1, 0.15) is 0 Å². The third-order valence-corrected chi connectivity index (χ3v) is 4.80. The van der Waals surface area contributed by atoms with E-state index in [2.05, 4.69) is 27.7 Å². The van der Waals surface area contributed by atoms with E-state index in [1.54, 1.807) is 0 Å². The molecule has 2 N–H and O–H groups in total. The van der Waals surface area contributed by atoms with Gasteiger partial charge in [-0.05, 0) is 24.8 Å². The predicted octanol–water partition coefficient (Wildman–Crippen LogP) is 2.89. The van der Waals surface area contributed by atoms with Crippen LogP contribution >= 0.6 is 11.3 Å². The van der Waals surface area contributed by atoms with Crippen molar-refractivity contribution < 1.29 is 0 Å². The molecule has 1 heterocycles. The average Bonchev–Trinajstić information content (AvgIpc) is 2.45. The van der Waals surface area contributed by atoms with Crippen molar-refractivity contribution in [1.82, 2.24) is 4.98 Å². The number of rotatable bonds is 2. The van der Waals surface area contributed by atoms with Crippen molar-refractivity contribution in [1.29, 1.82) is 0 Å². The summed E-state index contributed by atoms with van der Waals surface area (Å²) in [6.45, 7) is 10.1. The van der Waals surface area contributed by atoms with Crippen LogP contribution in [0.1, 0.15) is 49.7 Å². The van der Waals surface area contributed by atoms with Crippen molar-refractivity contribution in [2.24, 2.45) is 11.1 Å². The first-order valence-corrected chi connectivity index (χ1v) is 6.85. The van der Waals surface area contributed by atoms with Gasteiger partial charge >= 0.3 is 0 Å². The zero-order valence-electron chi connectivity index (χ0n) is 10.8. The van der Waals surface area contributed by atoms with Crippen molar-refractivity contribution in [2.45, 2.75) is 52.4 Å². The van der Waals surface area contributed by atoms with E-state index in [0.717, 1.165) is 12.8 Å². The van der Waals surface area contributed by atoms with E-state index in [4.69, 9.17) is 10.7 Å². The molecule has 0 aromatic carbocycles. The second-order valence-electron chi connectivity index (χ2n) is 6.32. The van der Waals surface area contributed by atoms with Crippen molar-refractivity contribution in [3.8, 4) is 0 Å². The van der Waals surface area contributed by atoms with E-state index < -0.39 is 0 Å². The molecule has 0 bridgehead atoms. The van der Waals surface area contributed by atoms with Crippen molar-refractivity contribution in [3.05, 3.63) is 15.6 Å². The Morgan fingerprint density at radius 1 is 1.31 bits per heavy atom. The van der Waals surface area contributed by atoms with Crippen LogP contribution in [0.4, 0.5) is 0 Å². The zero-order chi connectivity index (χ0) is 12.0. The fraction of sp³-hybridized carbons (Fsp3) is 0.769. The molecule has 0 saturated heterocycles. The second-order valence-corrected chi connectivity index (χ2v) is 7.41. The molecule has 0 amide bonds. The summed E-state index contributed by atoms with van der Waals surface area (Å²) in [7, 11) is 0. The number of aromatic nitrogens is 1. The lowest BCUT2D eigenvalue weighted by molar-refractivity contribution is 0.232. The van der Waals surface area contributed by atoms with E-state index in [9.17, 15) is 0 Å². The van der Waals surface area contributed by atoms with Gasteiger partial charge in [0, 0.05) is 16.7 Å². The fourth-order valence-corrected chi connectivity index (χ4v) is 4.27. The highest BCUT2D eigenvalue weighted by molar-refractivity contribution is 7.11. The van der Waals surface area contributed by atoms with E-state index >= 15 is 0 Å². The largest absolute Gasteiger partial charge is 0.330 e. The van der Waals surface area contributed by atoms with Gasteiger partial charge in [0.2, 0.25) is 0 Å². The number of nitrogens with two attached hydrogens (primary N) is 1. The SMILES string of the molecule is CC1(C)Cc2nc(CCN)sc2C(C)(C)C1. The summed E-state index contributed by atoms with van der Waals surface area (Å²) in [5.41, 5.74) is 7.59. The van der Waals surface area contributed by atoms with Crippen LogP contribution in [0.5, 0.6) is 0 Å². The Morgan fingerprint density at radius 3 is 2.62 bits per heavy atom. The third kappa shape index (κ3) is 2.16. The monoisotopic (exact) mass is 238 g/mol. The van der Waals surface area contributed by atoms with Gasteiger partial charge in [-0.25, -0.2) is 4.98 Å². The van der Waals surface area contributed by atoms with Gasteiger partial charge in [-0.15, -0.1) is 11.3 Å². The van der Waals surface area contributed by atoms with Crippen LogP contribution in [-0.4, -0.2) is 11.5 Å². The quantitative estimate of drug-likeness (QED) is 0.860. The highest BCUT2D eigenvalue weighted by Gasteiger charge is 2.39. The first kappa shape index (κ1) is 12.1. The Morgan fingerprint density at radius 2 is 2.00 bits per heavy atom. The summed E-state index contributed by atoms with van der Waals surface area (Å²) in [6.07, 6.45) is 3.29. The summed E-state index contributed by atoms with van der Waals surface area (Å²) < 4.78 is 0. The van der Waals surface area contributed by atoms with Crippen LogP contribution < -0.4 is 5.73 Å². The molecule has 90 valence electrons. The predicted molar refractivity (Wildman–Crippen MR) is 70.0 cm³/mol. The molecule has 0 atom stereocenters. The maximum Gasteiger partial charge on any atom is 0.0943 e. The number of hydrogen-bond donors (Lipinski definition) is 1. The highest BCUT2D eigenvalue weighted by Crippen LogP contribution is 2.47. The Kier molecular flexibility index (Phi) is 2.87. The Hall–Kier alpha value is -0.410. The van der Waals surface area contributed by atoms with Crippen LogP contribution in [0, 0.1) is 5.41 Å². The Bertz CT molecular complexity index is 391. The number of nitrogens with zero attached hydrogens (tertiary/aromatic N) is 1. The number of thiazole rings is 1. The molecule has 0 radical (unpaired) electrons. The van der Waals surface area contributed by atoms with Crippen molar-refractivity contribution >= 4 is 11.3 Å². The van der Waals surface area contributed by atoms with E-state index in [1.807, 2.05) is 11.3 Å². The third-order valence-electron chi connectivity index (χ3n) is 3.28. The highest BCUT2D eigenvalue weighted by atomic mass is 32.1. The molecule has 1 aliphatic carbocycles. The molecule has 0 unspecified atom stereocenters. The van der Waals surface area contributed by atoms with Crippen LogP contribution in [0.3, 0.4) is 0 Å². The van der Waals surface area contributed by atoms with E-state index in [-0.39, 0.29) is 5.41 Å². The topological polar surface area (TPSA) is 38.9 Å². The minimum atomic E-state index is 0.279. The van der Waals surface area contributed by atoms with Crippen LogP contribution in [0.2, 0.25) is 0 Å². The molecule has 1 aromatic rings. The summed E-state index contributed by atoms with van der Waals surface area (Å²) >= 11 is 1.88. The molecule has 0 fully saturated rings. The molecule has 2 nitrogen and oxygen atoms in total. The molecule has 0 spiro atoms. The smallest absolute Gasteiger partial charge is 0.0943 e. The lowest BCUT2D eigenvalue weighted by atomic mass is 9.67. The van der Waals surface area contributed by atoms with Gasteiger partial charge in [-0.2, -0.15) is 0 Å². The molecule has 0 saturated carbocycles. The summed E-state index contributed by atoms with van der Waals surface area (Å²) in [4.78, 5) is 6.27. The van der Waals surface area contributed by atoms with Crippen LogP contribution in [-0.2, 0) is 18.3 Å². The summed E-state index contributed by atoms with van der Waals surface area (Å²) in [5, 5.41) is 1.22. The first-order chi connectivity index (χ1) is 7.34. The Labute approximate surface area is 102 Å². The zero-order valence-corrected chi connectivity index (χ0v) is 11.6. The normalized spacial score (nSPS) is 21.8. The molecular weight excluding hydrogens is 216 g/mol. The van der Waals surface area contributed by atoms with Crippen molar-refractivity contribution in [3.63, 3.8) is 0 Å². The minimum absolute atomic E-state index is 0.279. The maximum atomic E-state index is 5.61. The summed E-state index contributed by atoms with van der Waals surface area (Å²) in [5.74, 6) is 0. The number of fused-ring (bicyclic) bond motifs is 1. The molecule has 2 rings (SSSR count). The molecule has 1 aromatic heterocycles.